The zero-order valence-electron chi connectivity index (χ0n) is 11.4. The molecule has 2 rings (SSSR count). The Hall–Kier alpha value is -0.0800. The minimum absolute atomic E-state index is 0.387. The molecule has 1 saturated heterocycles. The van der Waals surface area contributed by atoms with Crippen molar-refractivity contribution < 1.29 is 0 Å². The van der Waals surface area contributed by atoms with Gasteiger partial charge in [0, 0.05) is 19.1 Å². The van der Waals surface area contributed by atoms with Crippen LogP contribution in [-0.2, 0) is 0 Å². The van der Waals surface area contributed by atoms with Crippen molar-refractivity contribution >= 4 is 0 Å². The molecule has 1 N–H and O–H groups in total. The summed E-state index contributed by atoms with van der Waals surface area (Å²) in [7, 11) is 0. The Labute approximate surface area is 101 Å². The molecule has 3 unspecified atom stereocenters. The van der Waals surface area contributed by atoms with Crippen molar-refractivity contribution in [2.24, 2.45) is 17.3 Å². The average Bonchev–Trinajstić information content (AvgIpc) is 2.89. The molecule has 0 bridgehead atoms. The second kappa shape index (κ2) is 4.66. The smallest absolute Gasteiger partial charge is 0.0243 e. The third-order valence-corrected chi connectivity index (χ3v) is 4.30. The summed E-state index contributed by atoms with van der Waals surface area (Å²) in [6.07, 6.45) is 2.78. The van der Waals surface area contributed by atoms with E-state index in [2.05, 4.69) is 37.9 Å². The molecule has 2 heteroatoms. The zero-order chi connectivity index (χ0) is 11.8. The van der Waals surface area contributed by atoms with Crippen LogP contribution < -0.4 is 5.32 Å². The minimum Gasteiger partial charge on any atom is -0.312 e. The first-order chi connectivity index (χ1) is 7.47. The number of nitrogens with zero attached hydrogens (tertiary/aromatic N) is 1. The number of nitrogens with one attached hydrogen (secondary N) is 1. The Balaban J connectivity index is 1.87. The van der Waals surface area contributed by atoms with Gasteiger partial charge in [-0.2, -0.15) is 0 Å². The van der Waals surface area contributed by atoms with Gasteiger partial charge < -0.3 is 10.2 Å². The van der Waals surface area contributed by atoms with Crippen molar-refractivity contribution in [3.63, 3.8) is 0 Å². The van der Waals surface area contributed by atoms with Crippen LogP contribution in [0.1, 0.15) is 40.5 Å². The fourth-order valence-corrected chi connectivity index (χ4v) is 2.72. The van der Waals surface area contributed by atoms with Gasteiger partial charge in [0.15, 0.2) is 0 Å². The standard InChI is InChI=1S/C14H28N2/c1-11-8-12(11)9-16-7-5-6-15-13(10-16)14(2,3)4/h11-13,15H,5-10H2,1-4H3. The van der Waals surface area contributed by atoms with Gasteiger partial charge in [-0.25, -0.2) is 0 Å². The molecule has 0 aromatic heterocycles. The first kappa shape index (κ1) is 12.4. The summed E-state index contributed by atoms with van der Waals surface area (Å²) in [4.78, 5) is 2.70. The molecule has 0 spiro atoms. The van der Waals surface area contributed by atoms with E-state index in [1.54, 1.807) is 0 Å². The Morgan fingerprint density at radius 2 is 2.00 bits per heavy atom. The number of hydrogen-bond acceptors (Lipinski definition) is 2. The fraction of sp³-hybridized carbons (Fsp3) is 1.00. The lowest BCUT2D eigenvalue weighted by Crippen LogP contribution is -2.46. The van der Waals surface area contributed by atoms with Crippen LogP contribution >= 0.6 is 0 Å². The first-order valence-corrected chi connectivity index (χ1v) is 6.92. The molecule has 1 heterocycles. The first-order valence-electron chi connectivity index (χ1n) is 6.92. The molecule has 0 aromatic carbocycles. The molecule has 0 aromatic rings. The fourth-order valence-electron chi connectivity index (χ4n) is 2.72. The van der Waals surface area contributed by atoms with Gasteiger partial charge in [0.1, 0.15) is 0 Å². The molecule has 1 aliphatic heterocycles. The van der Waals surface area contributed by atoms with Gasteiger partial charge in [-0.05, 0) is 43.2 Å². The third kappa shape index (κ3) is 3.21. The van der Waals surface area contributed by atoms with Gasteiger partial charge in [-0.3, -0.25) is 0 Å². The Kier molecular flexibility index (Phi) is 3.60. The largest absolute Gasteiger partial charge is 0.312 e. The van der Waals surface area contributed by atoms with Crippen LogP contribution in [0.25, 0.3) is 0 Å². The zero-order valence-corrected chi connectivity index (χ0v) is 11.4. The van der Waals surface area contributed by atoms with Crippen LogP contribution in [0.2, 0.25) is 0 Å². The lowest BCUT2D eigenvalue weighted by atomic mass is 9.86. The topological polar surface area (TPSA) is 15.3 Å². The monoisotopic (exact) mass is 224 g/mol. The van der Waals surface area contributed by atoms with Crippen molar-refractivity contribution in [1.82, 2.24) is 10.2 Å². The highest BCUT2D eigenvalue weighted by molar-refractivity contribution is 4.90. The quantitative estimate of drug-likeness (QED) is 0.774. The van der Waals surface area contributed by atoms with Gasteiger partial charge in [0.25, 0.3) is 0 Å². The Morgan fingerprint density at radius 1 is 1.31 bits per heavy atom. The summed E-state index contributed by atoms with van der Waals surface area (Å²) in [5, 5.41) is 3.71. The van der Waals surface area contributed by atoms with Gasteiger partial charge in [0.2, 0.25) is 0 Å². The maximum absolute atomic E-state index is 3.71. The van der Waals surface area contributed by atoms with Crippen LogP contribution in [0.4, 0.5) is 0 Å². The van der Waals surface area contributed by atoms with E-state index in [1.807, 2.05) is 0 Å². The molecule has 0 amide bonds. The molecule has 2 aliphatic rings. The molecule has 2 fully saturated rings. The normalized spacial score (nSPS) is 37.1. The van der Waals surface area contributed by atoms with E-state index in [0.29, 0.717) is 11.5 Å². The van der Waals surface area contributed by atoms with E-state index in [-0.39, 0.29) is 0 Å². The summed E-state index contributed by atoms with van der Waals surface area (Å²) < 4.78 is 0. The molecular weight excluding hydrogens is 196 g/mol. The molecule has 3 atom stereocenters. The molecule has 2 nitrogen and oxygen atoms in total. The maximum Gasteiger partial charge on any atom is 0.0243 e. The van der Waals surface area contributed by atoms with E-state index in [4.69, 9.17) is 0 Å². The predicted octanol–water partition coefficient (Wildman–Crippen LogP) is 2.35. The predicted molar refractivity (Wildman–Crippen MR) is 69.6 cm³/mol. The van der Waals surface area contributed by atoms with Gasteiger partial charge in [-0.15, -0.1) is 0 Å². The summed E-state index contributed by atoms with van der Waals surface area (Å²) in [6, 6.07) is 0.657. The summed E-state index contributed by atoms with van der Waals surface area (Å²) in [5.41, 5.74) is 0.387. The summed E-state index contributed by atoms with van der Waals surface area (Å²) in [6.45, 7) is 14.5. The van der Waals surface area contributed by atoms with Crippen LogP contribution in [0.15, 0.2) is 0 Å². The van der Waals surface area contributed by atoms with Crippen LogP contribution in [0.3, 0.4) is 0 Å². The third-order valence-electron chi connectivity index (χ3n) is 4.30. The minimum atomic E-state index is 0.387. The molecule has 1 saturated carbocycles. The SMILES string of the molecule is CC1CC1CN1CCCNC(C(C)(C)C)C1. The molecule has 0 radical (unpaired) electrons. The Bertz CT molecular complexity index is 231. The second-order valence-electron chi connectivity index (χ2n) is 6.96. The average molecular weight is 224 g/mol. The van der Waals surface area contributed by atoms with Crippen LogP contribution in [-0.4, -0.2) is 37.1 Å². The van der Waals surface area contributed by atoms with E-state index in [0.717, 1.165) is 11.8 Å². The summed E-state index contributed by atoms with van der Waals surface area (Å²) in [5.74, 6) is 1.99. The van der Waals surface area contributed by atoms with E-state index >= 15 is 0 Å². The van der Waals surface area contributed by atoms with Crippen LogP contribution in [0.5, 0.6) is 0 Å². The van der Waals surface area contributed by atoms with E-state index in [9.17, 15) is 0 Å². The van der Waals surface area contributed by atoms with Crippen molar-refractivity contribution in [3.05, 3.63) is 0 Å². The maximum atomic E-state index is 3.71. The lowest BCUT2D eigenvalue weighted by molar-refractivity contribution is 0.191. The number of hydrogen-bond donors (Lipinski definition) is 1. The van der Waals surface area contributed by atoms with Gasteiger partial charge >= 0.3 is 0 Å². The van der Waals surface area contributed by atoms with Gasteiger partial charge in [0.05, 0.1) is 0 Å². The van der Waals surface area contributed by atoms with Crippen molar-refractivity contribution in [2.45, 2.75) is 46.6 Å². The van der Waals surface area contributed by atoms with E-state index in [1.165, 1.54) is 39.0 Å². The van der Waals surface area contributed by atoms with Gasteiger partial charge in [-0.1, -0.05) is 27.7 Å². The van der Waals surface area contributed by atoms with Crippen molar-refractivity contribution in [3.8, 4) is 0 Å². The highest BCUT2D eigenvalue weighted by atomic mass is 15.2. The second-order valence-corrected chi connectivity index (χ2v) is 6.96. The van der Waals surface area contributed by atoms with E-state index < -0.39 is 0 Å². The van der Waals surface area contributed by atoms with Crippen molar-refractivity contribution in [2.75, 3.05) is 26.2 Å². The summed E-state index contributed by atoms with van der Waals surface area (Å²) >= 11 is 0. The number of rotatable bonds is 2. The molecule has 1 aliphatic carbocycles. The molecule has 16 heavy (non-hydrogen) atoms. The Morgan fingerprint density at radius 3 is 2.56 bits per heavy atom. The molecule has 94 valence electrons. The van der Waals surface area contributed by atoms with Crippen LogP contribution in [0, 0.1) is 17.3 Å². The highest BCUT2D eigenvalue weighted by Gasteiger charge is 2.35. The lowest BCUT2D eigenvalue weighted by Gasteiger charge is -2.33. The van der Waals surface area contributed by atoms with Crippen molar-refractivity contribution in [1.29, 1.82) is 0 Å². The highest BCUT2D eigenvalue weighted by Crippen LogP contribution is 2.38. The molecular formula is C14H28N2.